The molecule has 0 spiro atoms. The van der Waals surface area contributed by atoms with Crippen molar-refractivity contribution in [3.8, 4) is 11.5 Å². The first-order valence-electron chi connectivity index (χ1n) is 7.32. The second-order valence-corrected chi connectivity index (χ2v) is 5.62. The molecule has 4 nitrogen and oxygen atoms in total. The molecule has 0 radical (unpaired) electrons. The van der Waals surface area contributed by atoms with Gasteiger partial charge in [0.25, 0.3) is 5.91 Å². The molecule has 0 aliphatic carbocycles. The van der Waals surface area contributed by atoms with Gasteiger partial charge in [-0.15, -0.1) is 0 Å². The third-order valence-electron chi connectivity index (χ3n) is 3.87. The highest BCUT2D eigenvalue weighted by Gasteiger charge is 2.18. The van der Waals surface area contributed by atoms with Crippen molar-refractivity contribution in [2.45, 2.75) is 26.8 Å². The van der Waals surface area contributed by atoms with Crippen molar-refractivity contribution in [2.75, 3.05) is 6.79 Å². The minimum absolute atomic E-state index is 0.0569. The molecule has 0 unspecified atom stereocenters. The Morgan fingerprint density at radius 3 is 2.64 bits per heavy atom. The largest absolute Gasteiger partial charge is 0.454 e. The van der Waals surface area contributed by atoms with E-state index in [2.05, 4.69) is 37.4 Å². The summed E-state index contributed by atoms with van der Waals surface area (Å²) in [5.41, 5.74) is 4.09. The fraction of sp³-hybridized carbons (Fsp3) is 0.278. The van der Waals surface area contributed by atoms with Gasteiger partial charge in [-0.1, -0.05) is 23.8 Å². The van der Waals surface area contributed by atoms with Gasteiger partial charge in [0, 0.05) is 5.56 Å². The lowest BCUT2D eigenvalue weighted by Crippen LogP contribution is -2.27. The van der Waals surface area contributed by atoms with Crippen LogP contribution in [0.1, 0.15) is 40.0 Å². The van der Waals surface area contributed by atoms with Crippen molar-refractivity contribution in [2.24, 2.45) is 0 Å². The lowest BCUT2D eigenvalue weighted by atomic mass is 10.00. The molecule has 2 aromatic carbocycles. The number of benzene rings is 2. The molecule has 1 amide bonds. The molecular weight excluding hydrogens is 278 g/mol. The van der Waals surface area contributed by atoms with Gasteiger partial charge in [0.2, 0.25) is 6.79 Å². The van der Waals surface area contributed by atoms with E-state index < -0.39 is 0 Å². The molecule has 0 fully saturated rings. The third-order valence-corrected chi connectivity index (χ3v) is 3.87. The second-order valence-electron chi connectivity index (χ2n) is 5.62. The minimum atomic E-state index is -0.120. The van der Waals surface area contributed by atoms with Gasteiger partial charge in [0.1, 0.15) is 0 Å². The van der Waals surface area contributed by atoms with Gasteiger partial charge in [0.05, 0.1) is 6.04 Å². The average molecular weight is 297 g/mol. The highest BCUT2D eigenvalue weighted by molar-refractivity contribution is 5.95. The number of carbonyl (C=O) groups excluding carboxylic acids is 1. The number of fused-ring (bicyclic) bond motifs is 1. The Balaban J connectivity index is 1.76. The second kappa shape index (κ2) is 5.72. The van der Waals surface area contributed by atoms with E-state index >= 15 is 0 Å². The predicted octanol–water partition coefficient (Wildman–Crippen LogP) is 3.52. The third kappa shape index (κ3) is 2.77. The number of aryl methyl sites for hydroxylation is 2. The van der Waals surface area contributed by atoms with Gasteiger partial charge in [-0.3, -0.25) is 4.79 Å². The number of hydrogen-bond donors (Lipinski definition) is 1. The summed E-state index contributed by atoms with van der Waals surface area (Å²) >= 11 is 0. The molecule has 3 rings (SSSR count). The summed E-state index contributed by atoms with van der Waals surface area (Å²) in [5.74, 6) is 1.18. The van der Waals surface area contributed by atoms with Gasteiger partial charge >= 0.3 is 0 Å². The van der Waals surface area contributed by atoms with Crippen LogP contribution in [0.25, 0.3) is 0 Å². The van der Waals surface area contributed by atoms with Gasteiger partial charge < -0.3 is 14.8 Å². The zero-order valence-electron chi connectivity index (χ0n) is 13.0. The molecule has 2 aromatic rings. The topological polar surface area (TPSA) is 47.6 Å². The fourth-order valence-electron chi connectivity index (χ4n) is 2.71. The molecule has 0 aromatic heterocycles. The molecular formula is C18H19NO3. The number of rotatable bonds is 3. The molecule has 0 saturated heterocycles. The lowest BCUT2D eigenvalue weighted by Gasteiger charge is -2.17. The molecule has 1 atom stereocenters. The maximum absolute atomic E-state index is 12.4. The van der Waals surface area contributed by atoms with E-state index in [4.69, 9.17) is 9.47 Å². The molecule has 0 saturated carbocycles. The van der Waals surface area contributed by atoms with E-state index in [0.29, 0.717) is 17.1 Å². The molecule has 0 bridgehead atoms. The van der Waals surface area contributed by atoms with E-state index in [1.807, 2.05) is 6.92 Å². The van der Waals surface area contributed by atoms with Crippen LogP contribution in [0.3, 0.4) is 0 Å². The molecule has 4 heteroatoms. The van der Waals surface area contributed by atoms with Crippen LogP contribution in [-0.2, 0) is 0 Å². The van der Waals surface area contributed by atoms with Crippen LogP contribution in [0.4, 0.5) is 0 Å². The standard InChI is InChI=1S/C18H19NO3/c1-11-4-6-15(12(2)8-11)13(3)19-18(20)14-5-7-16-17(9-14)22-10-21-16/h4-9,13H,10H2,1-3H3,(H,19,20)/t13-/m1/s1. The first-order valence-corrected chi connectivity index (χ1v) is 7.32. The van der Waals surface area contributed by atoms with Crippen LogP contribution in [0.2, 0.25) is 0 Å². The minimum Gasteiger partial charge on any atom is -0.454 e. The van der Waals surface area contributed by atoms with Crippen LogP contribution in [0.15, 0.2) is 36.4 Å². The number of ether oxygens (including phenoxy) is 2. The summed E-state index contributed by atoms with van der Waals surface area (Å²) in [5, 5.41) is 3.03. The molecule has 1 aliphatic rings. The normalized spacial score (nSPS) is 13.8. The number of nitrogens with one attached hydrogen (secondary N) is 1. The Morgan fingerprint density at radius 2 is 1.86 bits per heavy atom. The maximum atomic E-state index is 12.4. The first-order chi connectivity index (χ1) is 10.5. The van der Waals surface area contributed by atoms with Crippen LogP contribution < -0.4 is 14.8 Å². The first kappa shape index (κ1) is 14.4. The Morgan fingerprint density at radius 1 is 1.09 bits per heavy atom. The molecule has 1 N–H and O–H groups in total. The van der Waals surface area contributed by atoms with Crippen molar-refractivity contribution in [1.29, 1.82) is 0 Å². The van der Waals surface area contributed by atoms with Crippen LogP contribution in [-0.4, -0.2) is 12.7 Å². The highest BCUT2D eigenvalue weighted by Crippen LogP contribution is 2.32. The molecule has 1 aliphatic heterocycles. The zero-order valence-corrected chi connectivity index (χ0v) is 13.0. The number of carbonyl (C=O) groups is 1. The monoisotopic (exact) mass is 297 g/mol. The van der Waals surface area contributed by atoms with Crippen LogP contribution in [0.5, 0.6) is 11.5 Å². The molecule has 22 heavy (non-hydrogen) atoms. The van der Waals surface area contributed by atoms with E-state index in [-0.39, 0.29) is 18.7 Å². The van der Waals surface area contributed by atoms with Crippen molar-refractivity contribution in [1.82, 2.24) is 5.32 Å². The van der Waals surface area contributed by atoms with Crippen molar-refractivity contribution in [3.05, 3.63) is 58.7 Å². The van der Waals surface area contributed by atoms with E-state index in [0.717, 1.165) is 5.56 Å². The van der Waals surface area contributed by atoms with Gasteiger partial charge in [0.15, 0.2) is 11.5 Å². The molecule has 1 heterocycles. The molecule has 114 valence electrons. The Hall–Kier alpha value is -2.49. The van der Waals surface area contributed by atoms with E-state index in [9.17, 15) is 4.79 Å². The Kier molecular flexibility index (Phi) is 3.75. The van der Waals surface area contributed by atoms with Crippen LogP contribution in [0, 0.1) is 13.8 Å². The van der Waals surface area contributed by atoms with Crippen molar-refractivity contribution >= 4 is 5.91 Å². The van der Waals surface area contributed by atoms with Crippen molar-refractivity contribution < 1.29 is 14.3 Å². The highest BCUT2D eigenvalue weighted by atomic mass is 16.7. The fourth-order valence-corrected chi connectivity index (χ4v) is 2.71. The number of amides is 1. The maximum Gasteiger partial charge on any atom is 0.251 e. The Bertz CT molecular complexity index is 724. The van der Waals surface area contributed by atoms with Crippen LogP contribution >= 0.6 is 0 Å². The summed E-state index contributed by atoms with van der Waals surface area (Å²) in [6.45, 7) is 6.32. The smallest absolute Gasteiger partial charge is 0.251 e. The summed E-state index contributed by atoms with van der Waals surface area (Å²) in [6.07, 6.45) is 0. The predicted molar refractivity (Wildman–Crippen MR) is 84.4 cm³/mol. The lowest BCUT2D eigenvalue weighted by molar-refractivity contribution is 0.0939. The quantitative estimate of drug-likeness (QED) is 0.943. The van der Waals surface area contributed by atoms with E-state index in [1.165, 1.54) is 11.1 Å². The van der Waals surface area contributed by atoms with Gasteiger partial charge in [-0.05, 0) is 50.1 Å². The summed E-state index contributed by atoms with van der Waals surface area (Å²) in [7, 11) is 0. The van der Waals surface area contributed by atoms with Crippen molar-refractivity contribution in [3.63, 3.8) is 0 Å². The van der Waals surface area contributed by atoms with Gasteiger partial charge in [-0.2, -0.15) is 0 Å². The number of hydrogen-bond acceptors (Lipinski definition) is 3. The average Bonchev–Trinajstić information content (AvgIpc) is 2.94. The summed E-state index contributed by atoms with van der Waals surface area (Å²) in [6, 6.07) is 11.4. The Labute approximate surface area is 130 Å². The summed E-state index contributed by atoms with van der Waals surface area (Å²) in [4.78, 5) is 12.4. The zero-order chi connectivity index (χ0) is 15.7. The van der Waals surface area contributed by atoms with Gasteiger partial charge in [-0.25, -0.2) is 0 Å². The SMILES string of the molecule is Cc1ccc([C@@H](C)NC(=O)c2ccc3c(c2)OCO3)c(C)c1. The van der Waals surface area contributed by atoms with E-state index in [1.54, 1.807) is 18.2 Å². The summed E-state index contributed by atoms with van der Waals surface area (Å²) < 4.78 is 10.6.